The number of hydrogen-bond acceptors (Lipinski definition) is 5. The molecule has 0 radical (unpaired) electrons. The summed E-state index contributed by atoms with van der Waals surface area (Å²) in [5, 5.41) is 20.4. The average molecular weight is 317 g/mol. The van der Waals surface area contributed by atoms with Crippen LogP contribution in [0, 0.1) is 6.92 Å². The molecule has 8 heteroatoms. The van der Waals surface area contributed by atoms with Gasteiger partial charge in [-0.15, -0.1) is 5.10 Å². The Balaban J connectivity index is 2.32. The molecule has 2 aromatic rings. The van der Waals surface area contributed by atoms with Crippen molar-refractivity contribution in [1.29, 1.82) is 0 Å². The van der Waals surface area contributed by atoms with Crippen LogP contribution in [0.15, 0.2) is 30.3 Å². The maximum Gasteiger partial charge on any atom is 0.326 e. The van der Waals surface area contributed by atoms with Crippen LogP contribution in [0.1, 0.15) is 24.4 Å². The highest BCUT2D eigenvalue weighted by molar-refractivity contribution is 5.85. The van der Waals surface area contributed by atoms with Gasteiger partial charge in [-0.25, -0.2) is 9.48 Å². The molecule has 0 fully saturated rings. The number of rotatable bonds is 6. The highest BCUT2D eigenvalue weighted by Crippen LogP contribution is 2.18. The van der Waals surface area contributed by atoms with Crippen LogP contribution in [0.2, 0.25) is 0 Å². The van der Waals surface area contributed by atoms with Crippen molar-refractivity contribution in [1.82, 2.24) is 25.1 Å². The minimum Gasteiger partial charge on any atom is -0.480 e. The predicted octanol–water partition coefficient (Wildman–Crippen LogP) is 0.697. The van der Waals surface area contributed by atoms with E-state index in [1.54, 1.807) is 6.92 Å². The first-order chi connectivity index (χ1) is 10.9. The molecule has 2 unspecified atom stereocenters. The fraction of sp³-hybridized carbons (Fsp3) is 0.400. The summed E-state index contributed by atoms with van der Waals surface area (Å²) in [6, 6.07) is 7.83. The largest absolute Gasteiger partial charge is 0.480 e. The zero-order valence-corrected chi connectivity index (χ0v) is 13.2. The topological polar surface area (TPSA) is 101 Å². The number of carboxylic acids is 1. The van der Waals surface area contributed by atoms with Gasteiger partial charge in [0.1, 0.15) is 17.9 Å². The van der Waals surface area contributed by atoms with Crippen molar-refractivity contribution in [2.45, 2.75) is 32.4 Å². The van der Waals surface area contributed by atoms with Crippen molar-refractivity contribution in [3.05, 3.63) is 41.7 Å². The Morgan fingerprint density at radius 3 is 2.48 bits per heavy atom. The van der Waals surface area contributed by atoms with Gasteiger partial charge >= 0.3 is 5.97 Å². The number of aliphatic carboxylic acids is 1. The number of aromatic nitrogens is 4. The molecule has 0 aliphatic rings. The maximum absolute atomic E-state index is 12.8. The van der Waals surface area contributed by atoms with Gasteiger partial charge in [0.25, 0.3) is 0 Å². The number of benzene rings is 1. The summed E-state index contributed by atoms with van der Waals surface area (Å²) in [6.45, 7) is 3.16. The van der Waals surface area contributed by atoms with Gasteiger partial charge in [-0.05, 0) is 29.8 Å². The third-order valence-corrected chi connectivity index (χ3v) is 3.80. The van der Waals surface area contributed by atoms with Crippen molar-refractivity contribution in [2.24, 2.45) is 0 Å². The standard InChI is InChI=1S/C15H19N5O3/c1-10(15(22)23)19(3)14(21)13(20-11(2)16-17-18-20)9-12-7-5-4-6-8-12/h4-8,10,13H,9H2,1-3H3,(H,22,23). The van der Waals surface area contributed by atoms with Gasteiger partial charge in [0.15, 0.2) is 0 Å². The van der Waals surface area contributed by atoms with Gasteiger partial charge in [0, 0.05) is 13.5 Å². The molecule has 2 rings (SSSR count). The van der Waals surface area contributed by atoms with Crippen molar-refractivity contribution in [2.75, 3.05) is 7.05 Å². The Labute approximate surface area is 133 Å². The van der Waals surface area contributed by atoms with Crippen LogP contribution in [-0.4, -0.2) is 55.2 Å². The average Bonchev–Trinajstić information content (AvgIpc) is 2.97. The van der Waals surface area contributed by atoms with E-state index in [1.807, 2.05) is 30.3 Å². The zero-order chi connectivity index (χ0) is 17.0. The summed E-state index contributed by atoms with van der Waals surface area (Å²) in [5.74, 6) is -0.914. The number of aryl methyl sites for hydroxylation is 1. The Hall–Kier alpha value is -2.77. The Kier molecular flexibility index (Phi) is 5.05. The van der Waals surface area contributed by atoms with Crippen LogP contribution < -0.4 is 0 Å². The fourth-order valence-corrected chi connectivity index (χ4v) is 2.23. The van der Waals surface area contributed by atoms with Crippen LogP contribution in [0.3, 0.4) is 0 Å². The van der Waals surface area contributed by atoms with Crippen molar-refractivity contribution >= 4 is 11.9 Å². The second-order valence-electron chi connectivity index (χ2n) is 5.34. The molecule has 0 spiro atoms. The maximum atomic E-state index is 12.8. The van der Waals surface area contributed by atoms with Crippen LogP contribution >= 0.6 is 0 Å². The highest BCUT2D eigenvalue weighted by atomic mass is 16.4. The molecule has 0 aliphatic carbocycles. The van der Waals surface area contributed by atoms with E-state index in [0.717, 1.165) is 5.56 Å². The lowest BCUT2D eigenvalue weighted by molar-refractivity contribution is -0.149. The molecule has 1 aromatic carbocycles. The molecule has 0 bridgehead atoms. The van der Waals surface area contributed by atoms with E-state index < -0.39 is 18.1 Å². The summed E-state index contributed by atoms with van der Waals surface area (Å²) < 4.78 is 1.43. The molecule has 1 heterocycles. The van der Waals surface area contributed by atoms with E-state index in [0.29, 0.717) is 12.2 Å². The van der Waals surface area contributed by atoms with E-state index >= 15 is 0 Å². The quantitative estimate of drug-likeness (QED) is 0.841. The minimum atomic E-state index is -1.06. The molecule has 1 aromatic heterocycles. The van der Waals surface area contributed by atoms with Gasteiger partial charge in [0.05, 0.1) is 0 Å². The Bertz CT molecular complexity index is 685. The third kappa shape index (κ3) is 3.71. The van der Waals surface area contributed by atoms with Crippen molar-refractivity contribution in [3.8, 4) is 0 Å². The second kappa shape index (κ2) is 6.99. The molecule has 122 valence electrons. The number of carbonyl (C=O) groups is 2. The lowest BCUT2D eigenvalue weighted by Crippen LogP contribution is -2.44. The molecule has 1 amide bonds. The Morgan fingerprint density at radius 1 is 1.30 bits per heavy atom. The predicted molar refractivity (Wildman–Crippen MR) is 81.6 cm³/mol. The van der Waals surface area contributed by atoms with E-state index in [1.165, 1.54) is 23.6 Å². The minimum absolute atomic E-state index is 0.348. The van der Waals surface area contributed by atoms with Gasteiger partial charge in [-0.1, -0.05) is 30.3 Å². The number of hydrogen-bond donors (Lipinski definition) is 1. The van der Waals surface area contributed by atoms with Gasteiger partial charge in [-0.3, -0.25) is 4.79 Å². The number of nitrogens with zero attached hydrogens (tertiary/aromatic N) is 5. The first-order valence-corrected chi connectivity index (χ1v) is 7.19. The molecule has 0 aliphatic heterocycles. The summed E-state index contributed by atoms with van der Waals surface area (Å²) in [5.41, 5.74) is 0.942. The Morgan fingerprint density at radius 2 is 1.96 bits per heavy atom. The first kappa shape index (κ1) is 16.6. The van der Waals surface area contributed by atoms with E-state index in [2.05, 4.69) is 15.5 Å². The number of carbonyl (C=O) groups excluding carboxylic acids is 1. The lowest BCUT2D eigenvalue weighted by Gasteiger charge is -2.27. The summed E-state index contributed by atoms with van der Waals surface area (Å²) in [6.07, 6.45) is 0.377. The SMILES string of the molecule is Cc1nnnn1C(Cc1ccccc1)C(=O)N(C)C(C)C(=O)O. The van der Waals surface area contributed by atoms with E-state index in [4.69, 9.17) is 5.11 Å². The monoisotopic (exact) mass is 317 g/mol. The van der Waals surface area contributed by atoms with Gasteiger partial charge in [-0.2, -0.15) is 0 Å². The number of tetrazole rings is 1. The lowest BCUT2D eigenvalue weighted by atomic mass is 10.0. The van der Waals surface area contributed by atoms with Gasteiger partial charge in [0.2, 0.25) is 5.91 Å². The smallest absolute Gasteiger partial charge is 0.326 e. The molecular weight excluding hydrogens is 298 g/mol. The van der Waals surface area contributed by atoms with Crippen LogP contribution in [-0.2, 0) is 16.0 Å². The zero-order valence-electron chi connectivity index (χ0n) is 13.2. The highest BCUT2D eigenvalue weighted by Gasteiger charge is 2.31. The molecule has 23 heavy (non-hydrogen) atoms. The fourth-order valence-electron chi connectivity index (χ4n) is 2.23. The summed E-state index contributed by atoms with van der Waals surface area (Å²) in [4.78, 5) is 25.1. The normalized spacial score (nSPS) is 13.3. The van der Waals surface area contributed by atoms with Gasteiger partial charge < -0.3 is 10.0 Å². The van der Waals surface area contributed by atoms with Crippen molar-refractivity contribution in [3.63, 3.8) is 0 Å². The summed E-state index contributed by atoms with van der Waals surface area (Å²) in [7, 11) is 1.47. The third-order valence-electron chi connectivity index (χ3n) is 3.80. The van der Waals surface area contributed by atoms with Crippen LogP contribution in [0.25, 0.3) is 0 Å². The van der Waals surface area contributed by atoms with Crippen molar-refractivity contribution < 1.29 is 14.7 Å². The van der Waals surface area contributed by atoms with E-state index in [-0.39, 0.29) is 5.91 Å². The second-order valence-corrected chi connectivity index (χ2v) is 5.34. The molecular formula is C15H19N5O3. The number of likely N-dealkylation sites (N-methyl/N-ethyl adjacent to an activating group) is 1. The molecule has 2 atom stereocenters. The molecule has 0 saturated carbocycles. The number of carboxylic acid groups (broad SMARTS) is 1. The summed E-state index contributed by atoms with van der Waals surface area (Å²) >= 11 is 0. The van der Waals surface area contributed by atoms with E-state index in [9.17, 15) is 9.59 Å². The number of amides is 1. The molecule has 8 nitrogen and oxygen atoms in total. The van der Waals surface area contributed by atoms with Crippen LogP contribution in [0.5, 0.6) is 0 Å². The first-order valence-electron chi connectivity index (χ1n) is 7.19. The molecule has 1 N–H and O–H groups in total. The molecule has 0 saturated heterocycles. The van der Waals surface area contributed by atoms with Crippen LogP contribution in [0.4, 0.5) is 0 Å².